The number of amides is 2. The van der Waals surface area contributed by atoms with Crippen LogP contribution in [0.3, 0.4) is 0 Å². The lowest BCUT2D eigenvalue weighted by atomic mass is 10.1. The van der Waals surface area contributed by atoms with Crippen molar-refractivity contribution in [2.75, 3.05) is 19.0 Å². The fraction of sp³-hybridized carbons (Fsp3) is 0.222. The molecular formula is C27H28N2O6. The Kier molecular flexibility index (Phi) is 9.24. The summed E-state index contributed by atoms with van der Waals surface area (Å²) in [7, 11) is 1.62. The molecule has 0 bridgehead atoms. The molecule has 8 heteroatoms. The average Bonchev–Trinajstić information content (AvgIpc) is 2.87. The van der Waals surface area contributed by atoms with E-state index >= 15 is 0 Å². The van der Waals surface area contributed by atoms with Crippen LogP contribution in [0.25, 0.3) is 0 Å². The lowest BCUT2D eigenvalue weighted by Gasteiger charge is -2.10. The number of anilines is 1. The van der Waals surface area contributed by atoms with Crippen molar-refractivity contribution in [3.63, 3.8) is 0 Å². The van der Waals surface area contributed by atoms with Crippen LogP contribution in [0.2, 0.25) is 0 Å². The van der Waals surface area contributed by atoms with Crippen LogP contribution in [0.1, 0.15) is 34.8 Å². The first-order valence-corrected chi connectivity index (χ1v) is 11.2. The van der Waals surface area contributed by atoms with Crippen LogP contribution in [0.15, 0.2) is 72.8 Å². The molecule has 2 amide bonds. The van der Waals surface area contributed by atoms with Gasteiger partial charge in [-0.3, -0.25) is 9.59 Å². The highest BCUT2D eigenvalue weighted by Gasteiger charge is 2.10. The number of nitrogens with one attached hydrogen (secondary N) is 2. The summed E-state index contributed by atoms with van der Waals surface area (Å²) in [6.45, 7) is 2.29. The molecule has 8 nitrogen and oxygen atoms in total. The SMILES string of the molecule is CCOC(=O)Oc1ccc(C(=O)Nc2ccc(CNC(=O)CCc3ccccc3OC)cc2)cc1. The van der Waals surface area contributed by atoms with Gasteiger partial charge in [0.05, 0.1) is 13.7 Å². The van der Waals surface area contributed by atoms with E-state index < -0.39 is 6.16 Å². The van der Waals surface area contributed by atoms with Crippen LogP contribution in [-0.2, 0) is 22.5 Å². The van der Waals surface area contributed by atoms with Gasteiger partial charge >= 0.3 is 6.16 Å². The van der Waals surface area contributed by atoms with Gasteiger partial charge < -0.3 is 24.8 Å². The summed E-state index contributed by atoms with van der Waals surface area (Å²) < 4.78 is 15.0. The largest absolute Gasteiger partial charge is 0.513 e. The number of benzene rings is 3. The molecule has 0 saturated heterocycles. The Morgan fingerprint density at radius 1 is 0.886 bits per heavy atom. The lowest BCUT2D eigenvalue weighted by molar-refractivity contribution is -0.121. The first-order valence-electron chi connectivity index (χ1n) is 11.2. The number of para-hydroxylation sites is 1. The first kappa shape index (κ1) is 25.3. The van der Waals surface area contributed by atoms with E-state index in [2.05, 4.69) is 10.6 Å². The number of methoxy groups -OCH3 is 1. The van der Waals surface area contributed by atoms with Gasteiger partial charge in [0.25, 0.3) is 5.91 Å². The molecule has 0 aliphatic carbocycles. The van der Waals surface area contributed by atoms with E-state index in [9.17, 15) is 14.4 Å². The predicted octanol–water partition coefficient (Wildman–Crippen LogP) is 4.73. The Bertz CT molecular complexity index is 1140. The highest BCUT2D eigenvalue weighted by molar-refractivity contribution is 6.04. The molecule has 0 heterocycles. The van der Waals surface area contributed by atoms with E-state index in [1.807, 2.05) is 36.4 Å². The first-order chi connectivity index (χ1) is 17.0. The van der Waals surface area contributed by atoms with E-state index in [1.165, 1.54) is 12.1 Å². The zero-order valence-corrected chi connectivity index (χ0v) is 19.7. The number of rotatable bonds is 10. The van der Waals surface area contributed by atoms with E-state index in [0.717, 1.165) is 16.9 Å². The summed E-state index contributed by atoms with van der Waals surface area (Å²) in [6, 6.07) is 21.0. The monoisotopic (exact) mass is 476 g/mol. The second-order valence-corrected chi connectivity index (χ2v) is 7.55. The quantitative estimate of drug-likeness (QED) is 0.324. The number of hydrogen-bond acceptors (Lipinski definition) is 6. The third-order valence-electron chi connectivity index (χ3n) is 5.10. The molecular weight excluding hydrogens is 448 g/mol. The van der Waals surface area contributed by atoms with Crippen molar-refractivity contribution in [1.29, 1.82) is 0 Å². The maximum atomic E-state index is 12.5. The van der Waals surface area contributed by atoms with E-state index in [1.54, 1.807) is 38.3 Å². The van der Waals surface area contributed by atoms with Gasteiger partial charge in [-0.2, -0.15) is 0 Å². The number of carbonyl (C=O) groups is 3. The Labute approximate surface area is 204 Å². The predicted molar refractivity (Wildman–Crippen MR) is 132 cm³/mol. The van der Waals surface area contributed by atoms with Crippen molar-refractivity contribution >= 4 is 23.7 Å². The van der Waals surface area contributed by atoms with Crippen molar-refractivity contribution in [1.82, 2.24) is 5.32 Å². The Morgan fingerprint density at radius 2 is 1.60 bits per heavy atom. The van der Waals surface area contributed by atoms with Gasteiger partial charge in [-0.15, -0.1) is 0 Å². The Morgan fingerprint density at radius 3 is 2.29 bits per heavy atom. The second kappa shape index (κ2) is 12.8. The molecule has 2 N–H and O–H groups in total. The summed E-state index contributed by atoms with van der Waals surface area (Å²) in [4.78, 5) is 36.1. The molecule has 0 aromatic heterocycles. The minimum absolute atomic E-state index is 0.0522. The molecule has 3 aromatic carbocycles. The van der Waals surface area contributed by atoms with E-state index in [-0.39, 0.29) is 24.2 Å². The molecule has 35 heavy (non-hydrogen) atoms. The maximum Gasteiger partial charge on any atom is 0.513 e. The molecule has 0 radical (unpaired) electrons. The fourth-order valence-corrected chi connectivity index (χ4v) is 3.27. The van der Waals surface area contributed by atoms with Crippen molar-refractivity contribution in [2.45, 2.75) is 26.3 Å². The van der Waals surface area contributed by atoms with Gasteiger partial charge in [0.2, 0.25) is 5.91 Å². The summed E-state index contributed by atoms with van der Waals surface area (Å²) in [5, 5.41) is 5.72. The van der Waals surface area contributed by atoms with Crippen molar-refractivity contribution < 1.29 is 28.6 Å². The van der Waals surface area contributed by atoms with Crippen molar-refractivity contribution in [2.24, 2.45) is 0 Å². The standard InChI is InChI=1S/C27H28N2O6/c1-3-34-27(32)35-23-15-10-21(11-16-23)26(31)29-22-13-8-19(9-14-22)18-28-25(30)17-12-20-6-4-5-7-24(20)33-2/h4-11,13-16H,3,12,17-18H2,1-2H3,(H,28,30)(H,29,31). The fourth-order valence-electron chi connectivity index (χ4n) is 3.27. The molecule has 0 atom stereocenters. The lowest BCUT2D eigenvalue weighted by Crippen LogP contribution is -2.23. The smallest absolute Gasteiger partial charge is 0.496 e. The zero-order chi connectivity index (χ0) is 25.0. The molecule has 3 rings (SSSR count). The van der Waals surface area contributed by atoms with Crippen LogP contribution in [0.4, 0.5) is 10.5 Å². The molecule has 182 valence electrons. The molecule has 3 aromatic rings. The minimum atomic E-state index is -0.794. The second-order valence-electron chi connectivity index (χ2n) is 7.55. The average molecular weight is 477 g/mol. The topological polar surface area (TPSA) is 103 Å². The number of ether oxygens (including phenoxy) is 3. The highest BCUT2D eigenvalue weighted by Crippen LogP contribution is 2.19. The third kappa shape index (κ3) is 7.89. The van der Waals surface area contributed by atoms with Crippen molar-refractivity contribution in [3.8, 4) is 11.5 Å². The minimum Gasteiger partial charge on any atom is -0.496 e. The van der Waals surface area contributed by atoms with Crippen LogP contribution < -0.4 is 20.1 Å². The Hall–Kier alpha value is -4.33. The molecule has 0 saturated carbocycles. The molecule has 0 unspecified atom stereocenters. The van der Waals surface area contributed by atoms with Gasteiger partial charge in [0, 0.05) is 24.2 Å². The molecule has 0 fully saturated rings. The molecule has 0 aliphatic heterocycles. The van der Waals surface area contributed by atoms with Gasteiger partial charge in [-0.05, 0) is 66.9 Å². The van der Waals surface area contributed by atoms with E-state index in [0.29, 0.717) is 30.6 Å². The van der Waals surface area contributed by atoms with Crippen LogP contribution in [-0.4, -0.2) is 31.7 Å². The number of aryl methyl sites for hydroxylation is 1. The zero-order valence-electron chi connectivity index (χ0n) is 19.7. The van der Waals surface area contributed by atoms with Gasteiger partial charge in [0.1, 0.15) is 11.5 Å². The Balaban J connectivity index is 1.45. The third-order valence-corrected chi connectivity index (χ3v) is 5.10. The van der Waals surface area contributed by atoms with Crippen LogP contribution >= 0.6 is 0 Å². The van der Waals surface area contributed by atoms with Gasteiger partial charge in [-0.25, -0.2) is 4.79 Å². The number of hydrogen-bond donors (Lipinski definition) is 2. The molecule has 0 aliphatic rings. The van der Waals surface area contributed by atoms with Gasteiger partial charge in [0.15, 0.2) is 0 Å². The van der Waals surface area contributed by atoms with Gasteiger partial charge in [-0.1, -0.05) is 30.3 Å². The normalized spacial score (nSPS) is 10.2. The maximum absolute atomic E-state index is 12.5. The summed E-state index contributed by atoms with van der Waals surface area (Å²) in [5.41, 5.74) is 2.93. The van der Waals surface area contributed by atoms with Crippen LogP contribution in [0, 0.1) is 0 Å². The summed E-state index contributed by atoms with van der Waals surface area (Å²) in [6.07, 6.45) is 0.159. The number of carbonyl (C=O) groups excluding carboxylic acids is 3. The van der Waals surface area contributed by atoms with Crippen LogP contribution in [0.5, 0.6) is 11.5 Å². The van der Waals surface area contributed by atoms with Crippen molar-refractivity contribution in [3.05, 3.63) is 89.5 Å². The highest BCUT2D eigenvalue weighted by atomic mass is 16.7. The summed E-state index contributed by atoms with van der Waals surface area (Å²) in [5.74, 6) is 0.710. The molecule has 0 spiro atoms. The van der Waals surface area contributed by atoms with E-state index in [4.69, 9.17) is 14.2 Å². The summed E-state index contributed by atoms with van der Waals surface area (Å²) >= 11 is 0.